The summed E-state index contributed by atoms with van der Waals surface area (Å²) in [5.41, 5.74) is 2.43. The summed E-state index contributed by atoms with van der Waals surface area (Å²) in [4.78, 5) is 28.0. The highest BCUT2D eigenvalue weighted by molar-refractivity contribution is 7.91. The summed E-state index contributed by atoms with van der Waals surface area (Å²) < 4.78 is 29.9. The van der Waals surface area contributed by atoms with Crippen LogP contribution in [0, 0.1) is 5.92 Å². The van der Waals surface area contributed by atoms with E-state index in [1.807, 2.05) is 40.7 Å². The number of aliphatic hydroxyl groups is 1. The van der Waals surface area contributed by atoms with Gasteiger partial charge in [0, 0.05) is 12.2 Å². The minimum absolute atomic E-state index is 0.00447. The summed E-state index contributed by atoms with van der Waals surface area (Å²) in [7, 11) is -3.33. The third kappa shape index (κ3) is 6.70. The number of amides is 2. The zero-order valence-electron chi connectivity index (χ0n) is 22.4. The van der Waals surface area contributed by atoms with Crippen LogP contribution in [0.25, 0.3) is 0 Å². The van der Waals surface area contributed by atoms with Crippen molar-refractivity contribution in [1.82, 2.24) is 10.2 Å². The van der Waals surface area contributed by atoms with Crippen LogP contribution in [-0.4, -0.2) is 48.4 Å². The van der Waals surface area contributed by atoms with Gasteiger partial charge in [0.25, 0.3) is 5.91 Å². The maximum absolute atomic E-state index is 13.2. The zero-order valence-corrected chi connectivity index (χ0v) is 23.3. The fourth-order valence-corrected chi connectivity index (χ4v) is 5.49. The van der Waals surface area contributed by atoms with Crippen molar-refractivity contribution in [3.63, 3.8) is 0 Å². The second-order valence-corrected chi connectivity index (χ2v) is 13.0. The van der Waals surface area contributed by atoms with Crippen LogP contribution in [0.4, 0.5) is 4.79 Å². The Labute approximate surface area is 219 Å². The highest BCUT2D eigenvalue weighted by Gasteiger charge is 2.38. The van der Waals surface area contributed by atoms with Crippen LogP contribution in [-0.2, 0) is 21.1 Å². The smallest absolute Gasteiger partial charge is 0.411 e. The molecule has 0 saturated heterocycles. The van der Waals surface area contributed by atoms with Crippen molar-refractivity contribution >= 4 is 21.8 Å². The van der Waals surface area contributed by atoms with E-state index in [-0.39, 0.29) is 47.6 Å². The van der Waals surface area contributed by atoms with Gasteiger partial charge >= 0.3 is 6.09 Å². The van der Waals surface area contributed by atoms with Gasteiger partial charge in [0.2, 0.25) is 0 Å². The van der Waals surface area contributed by atoms with Gasteiger partial charge in [-0.1, -0.05) is 39.0 Å². The molecule has 202 valence electrons. The van der Waals surface area contributed by atoms with Crippen molar-refractivity contribution < 1.29 is 27.9 Å². The number of carbonyl (C=O) groups excluding carboxylic acids is 2. The first-order chi connectivity index (χ1) is 17.3. The molecule has 2 aromatic carbocycles. The van der Waals surface area contributed by atoms with Crippen LogP contribution in [0.15, 0.2) is 47.4 Å². The standard InChI is InChI=1S/C28H38N2O6S/c1-7-37(34,35)22-11-8-19(9-12-22)24(14-15-31)29-26(32)20-10-13-23-21(16-20)17-30(25(23)18(2)3)27(33)36-28(4,5)6/h8-13,16,18,24-25,31H,7,14-15,17H2,1-6H3,(H,29,32)/t24-,25-/m0/s1. The van der Waals surface area contributed by atoms with Crippen LogP contribution in [0.3, 0.4) is 0 Å². The summed E-state index contributed by atoms with van der Waals surface area (Å²) in [6.07, 6.45) is -0.108. The monoisotopic (exact) mass is 530 g/mol. The maximum Gasteiger partial charge on any atom is 0.411 e. The molecule has 2 atom stereocenters. The molecule has 37 heavy (non-hydrogen) atoms. The highest BCUT2D eigenvalue weighted by Crippen LogP contribution is 2.40. The molecule has 1 aliphatic rings. The second-order valence-electron chi connectivity index (χ2n) is 10.7. The minimum atomic E-state index is -3.33. The van der Waals surface area contributed by atoms with Crippen LogP contribution in [0.2, 0.25) is 0 Å². The molecule has 2 aromatic rings. The molecule has 3 rings (SSSR count). The number of benzene rings is 2. The van der Waals surface area contributed by atoms with E-state index in [4.69, 9.17) is 4.74 Å². The number of ether oxygens (including phenoxy) is 1. The van der Waals surface area contributed by atoms with E-state index in [2.05, 4.69) is 5.32 Å². The van der Waals surface area contributed by atoms with Crippen LogP contribution in [0.5, 0.6) is 0 Å². The highest BCUT2D eigenvalue weighted by atomic mass is 32.2. The Bertz CT molecular complexity index is 1230. The molecule has 0 aromatic heterocycles. The number of rotatable bonds is 8. The molecule has 2 N–H and O–H groups in total. The second kappa shape index (κ2) is 11.2. The van der Waals surface area contributed by atoms with Gasteiger partial charge in [0.15, 0.2) is 9.84 Å². The lowest BCUT2D eigenvalue weighted by Gasteiger charge is -2.30. The van der Waals surface area contributed by atoms with Gasteiger partial charge in [-0.2, -0.15) is 0 Å². The summed E-state index contributed by atoms with van der Waals surface area (Å²) in [5.74, 6) is -0.157. The van der Waals surface area contributed by atoms with E-state index in [0.29, 0.717) is 17.7 Å². The minimum Gasteiger partial charge on any atom is -0.444 e. The van der Waals surface area contributed by atoms with Gasteiger partial charge in [-0.25, -0.2) is 13.2 Å². The number of nitrogens with one attached hydrogen (secondary N) is 1. The third-order valence-corrected chi connectivity index (χ3v) is 8.15. The number of aliphatic hydroxyl groups excluding tert-OH is 1. The number of hydrogen-bond donors (Lipinski definition) is 2. The van der Waals surface area contributed by atoms with Gasteiger partial charge in [0.1, 0.15) is 5.60 Å². The van der Waals surface area contributed by atoms with Gasteiger partial charge < -0.3 is 15.2 Å². The van der Waals surface area contributed by atoms with Crippen molar-refractivity contribution in [2.75, 3.05) is 12.4 Å². The van der Waals surface area contributed by atoms with Crippen molar-refractivity contribution in [2.24, 2.45) is 5.92 Å². The van der Waals surface area contributed by atoms with Gasteiger partial charge in [-0.05, 0) is 74.1 Å². The van der Waals surface area contributed by atoms with E-state index in [0.717, 1.165) is 11.1 Å². The fourth-order valence-electron chi connectivity index (χ4n) is 4.61. The first-order valence-corrected chi connectivity index (χ1v) is 14.3. The van der Waals surface area contributed by atoms with Gasteiger partial charge in [0.05, 0.1) is 29.3 Å². The van der Waals surface area contributed by atoms with Crippen molar-refractivity contribution in [3.8, 4) is 0 Å². The topological polar surface area (TPSA) is 113 Å². The Morgan fingerprint density at radius 1 is 1.14 bits per heavy atom. The molecule has 0 aliphatic carbocycles. The third-order valence-electron chi connectivity index (χ3n) is 6.40. The average Bonchev–Trinajstić information content (AvgIpc) is 3.22. The molecule has 0 fully saturated rings. The van der Waals surface area contributed by atoms with Crippen LogP contribution < -0.4 is 5.32 Å². The van der Waals surface area contributed by atoms with Gasteiger partial charge in [-0.3, -0.25) is 9.69 Å². The average molecular weight is 531 g/mol. The zero-order chi connectivity index (χ0) is 27.5. The molecule has 0 unspecified atom stereocenters. The Hall–Kier alpha value is -2.91. The predicted molar refractivity (Wildman–Crippen MR) is 142 cm³/mol. The van der Waals surface area contributed by atoms with E-state index < -0.39 is 21.5 Å². The lowest BCUT2D eigenvalue weighted by molar-refractivity contribution is 0.0127. The van der Waals surface area contributed by atoms with E-state index in [9.17, 15) is 23.1 Å². The molecule has 8 nitrogen and oxygen atoms in total. The molecule has 1 aliphatic heterocycles. The number of carbonyl (C=O) groups is 2. The Morgan fingerprint density at radius 3 is 2.32 bits per heavy atom. The SMILES string of the molecule is CCS(=O)(=O)c1ccc([C@H](CCO)NC(=O)c2ccc3c(c2)CN(C(=O)OC(C)(C)C)[C@H]3C(C)C)cc1. The lowest BCUT2D eigenvalue weighted by atomic mass is 9.94. The quantitative estimate of drug-likeness (QED) is 0.508. The van der Waals surface area contributed by atoms with Crippen LogP contribution in [0.1, 0.15) is 87.1 Å². The summed E-state index contributed by atoms with van der Waals surface area (Å²) >= 11 is 0. The number of fused-ring (bicyclic) bond motifs is 1. The largest absolute Gasteiger partial charge is 0.444 e. The van der Waals surface area contributed by atoms with E-state index in [1.54, 1.807) is 36.1 Å². The first kappa shape index (κ1) is 28.7. The molecule has 0 bridgehead atoms. The summed E-state index contributed by atoms with van der Waals surface area (Å²) in [6.45, 7) is 11.4. The van der Waals surface area contributed by atoms with Crippen LogP contribution >= 0.6 is 0 Å². The number of nitrogens with zero attached hydrogens (tertiary/aromatic N) is 1. The van der Waals surface area contributed by atoms with Crippen molar-refractivity contribution in [2.45, 2.75) is 77.1 Å². The Balaban J connectivity index is 1.82. The first-order valence-electron chi connectivity index (χ1n) is 12.6. The molecule has 0 spiro atoms. The van der Waals surface area contributed by atoms with E-state index in [1.165, 1.54) is 12.1 Å². The normalized spacial score (nSPS) is 16.4. The van der Waals surface area contributed by atoms with Gasteiger partial charge in [-0.15, -0.1) is 0 Å². The molecule has 0 saturated carbocycles. The van der Waals surface area contributed by atoms with Crippen molar-refractivity contribution in [3.05, 3.63) is 64.7 Å². The predicted octanol–water partition coefficient (Wildman–Crippen LogP) is 4.78. The molecule has 1 heterocycles. The molecular formula is C28H38N2O6S. The summed E-state index contributed by atoms with van der Waals surface area (Å²) in [5, 5.41) is 12.5. The molecular weight excluding hydrogens is 492 g/mol. The summed E-state index contributed by atoms with van der Waals surface area (Å²) in [6, 6.07) is 11.2. The fraction of sp³-hybridized carbons (Fsp3) is 0.500. The maximum atomic E-state index is 13.2. The molecule has 9 heteroatoms. The Morgan fingerprint density at radius 2 is 1.78 bits per heavy atom. The Kier molecular flexibility index (Phi) is 8.70. The van der Waals surface area contributed by atoms with Crippen molar-refractivity contribution in [1.29, 1.82) is 0 Å². The molecule has 2 amide bonds. The molecule has 0 radical (unpaired) electrons. The lowest BCUT2D eigenvalue weighted by Crippen LogP contribution is -2.37. The number of sulfone groups is 1. The van der Waals surface area contributed by atoms with E-state index >= 15 is 0 Å². The number of hydrogen-bond acceptors (Lipinski definition) is 6.